The molecule has 0 aromatic rings. The zero-order valence-electron chi connectivity index (χ0n) is 11.0. The summed E-state index contributed by atoms with van der Waals surface area (Å²) in [6, 6.07) is 0. The topological polar surface area (TPSA) is 123 Å². The molecule has 1 aliphatic rings. The van der Waals surface area contributed by atoms with Crippen molar-refractivity contribution in [2.45, 2.75) is 11.6 Å². The average Bonchev–Trinajstić information content (AvgIpc) is 3.13. The van der Waals surface area contributed by atoms with Gasteiger partial charge in [0.1, 0.15) is 6.10 Å². The van der Waals surface area contributed by atoms with Crippen molar-refractivity contribution in [2.24, 2.45) is 0 Å². The van der Waals surface area contributed by atoms with E-state index in [0.717, 1.165) is 0 Å². The highest BCUT2D eigenvalue weighted by Crippen LogP contribution is 2.30. The number of sulfonamides is 1. The van der Waals surface area contributed by atoms with Gasteiger partial charge in [-0.1, -0.05) is 0 Å². The van der Waals surface area contributed by atoms with E-state index in [-0.39, 0.29) is 25.9 Å². The molecule has 0 radical (unpaired) electrons. The van der Waals surface area contributed by atoms with E-state index in [1.165, 1.54) is 0 Å². The Labute approximate surface area is 125 Å². The molecule has 132 valence electrons. The fraction of sp³-hybridized carbons (Fsp3) is 1.00. The van der Waals surface area contributed by atoms with Gasteiger partial charge in [0.05, 0.1) is 39.6 Å². The van der Waals surface area contributed by atoms with Gasteiger partial charge in [0.2, 0.25) is 10.3 Å². The third-order valence-electron chi connectivity index (χ3n) is 2.02. The molecule has 14 heteroatoms. The van der Waals surface area contributed by atoms with Gasteiger partial charge in [-0.2, -0.15) is 13.2 Å². The molecule has 1 heterocycles. The lowest BCUT2D eigenvalue weighted by atomic mass is 10.5. The van der Waals surface area contributed by atoms with Crippen LogP contribution in [0.5, 0.6) is 0 Å². The van der Waals surface area contributed by atoms with E-state index in [0.29, 0.717) is 13.2 Å². The Morgan fingerprint density at radius 3 is 2.14 bits per heavy atom. The zero-order chi connectivity index (χ0) is 16.9. The molecule has 1 aliphatic heterocycles. The van der Waals surface area contributed by atoms with Crippen molar-refractivity contribution in [2.75, 3.05) is 39.6 Å². The van der Waals surface area contributed by atoms with E-state index in [4.69, 9.17) is 14.2 Å². The maximum Gasteiger partial charge on any atom is 0.480 e. The number of alkyl halides is 3. The molecule has 1 atom stereocenters. The second-order valence-electron chi connectivity index (χ2n) is 3.89. The summed E-state index contributed by atoms with van der Waals surface area (Å²) in [7, 11) is -11.4. The van der Waals surface area contributed by atoms with Crippen molar-refractivity contribution in [3.8, 4) is 0 Å². The van der Waals surface area contributed by atoms with Gasteiger partial charge in [-0.15, -0.1) is 0 Å². The Balaban J connectivity index is 2.14. The number of nitrogens with zero attached hydrogens (tertiary/aromatic N) is 1. The van der Waals surface area contributed by atoms with Gasteiger partial charge in [0, 0.05) is 0 Å². The molecule has 1 rings (SSSR count). The van der Waals surface area contributed by atoms with Crippen LogP contribution in [-0.4, -0.2) is 68.1 Å². The van der Waals surface area contributed by atoms with Crippen LogP contribution in [0.3, 0.4) is 0 Å². The van der Waals surface area contributed by atoms with Crippen molar-refractivity contribution in [1.29, 1.82) is 0 Å². The lowest BCUT2D eigenvalue weighted by molar-refractivity contribution is -0.0425. The molecule has 0 bridgehead atoms. The maximum atomic E-state index is 11.9. The first-order valence-corrected chi connectivity index (χ1v) is 8.56. The van der Waals surface area contributed by atoms with E-state index in [1.807, 2.05) is 0 Å². The Hall–Kier alpha value is -0.510. The Morgan fingerprint density at radius 1 is 1.05 bits per heavy atom. The molecular formula is C8H13F3NO8S2-. The van der Waals surface area contributed by atoms with E-state index in [2.05, 4.69) is 4.18 Å². The lowest BCUT2D eigenvalue weighted by Crippen LogP contribution is -2.25. The molecule has 0 aromatic heterocycles. The second-order valence-corrected chi connectivity index (χ2v) is 6.99. The molecule has 1 unspecified atom stereocenters. The summed E-state index contributed by atoms with van der Waals surface area (Å²) >= 11 is 0. The van der Waals surface area contributed by atoms with Crippen LogP contribution in [0.2, 0.25) is 0 Å². The van der Waals surface area contributed by atoms with Gasteiger partial charge in [0.25, 0.3) is 0 Å². The van der Waals surface area contributed by atoms with E-state index < -0.39 is 32.4 Å². The molecule has 9 nitrogen and oxygen atoms in total. The molecule has 0 aliphatic carbocycles. The van der Waals surface area contributed by atoms with Crippen molar-refractivity contribution in [3.63, 3.8) is 0 Å². The molecule has 1 saturated heterocycles. The van der Waals surface area contributed by atoms with Crippen LogP contribution in [-0.2, 0) is 38.7 Å². The fourth-order valence-electron chi connectivity index (χ4n) is 0.981. The predicted octanol–water partition coefficient (Wildman–Crippen LogP) is -0.0969. The summed E-state index contributed by atoms with van der Waals surface area (Å²) in [6.45, 7) is 0.349. The molecule has 0 saturated carbocycles. The number of rotatable bonds is 11. The SMILES string of the molecule is O=S(=O)([N-]S(=O)(=O)C(F)(F)F)OCCOCCOCC1CO1. The minimum absolute atomic E-state index is 0.0886. The fourth-order valence-corrected chi connectivity index (χ4v) is 2.73. The largest absolute Gasteiger partial charge is 0.480 e. The minimum atomic E-state index is -6.17. The molecule has 0 amide bonds. The summed E-state index contributed by atoms with van der Waals surface area (Å²) in [5, 5.41) is 0. The second kappa shape index (κ2) is 7.85. The third kappa shape index (κ3) is 7.66. The normalized spacial score (nSPS) is 19.3. The Kier molecular flexibility index (Phi) is 6.97. The summed E-state index contributed by atoms with van der Waals surface area (Å²) in [6.07, 6.45) is 0.0886. The van der Waals surface area contributed by atoms with Gasteiger partial charge in [-0.25, -0.2) is 16.8 Å². The van der Waals surface area contributed by atoms with Crippen molar-refractivity contribution < 1.29 is 48.4 Å². The van der Waals surface area contributed by atoms with Crippen LogP contribution in [0.1, 0.15) is 0 Å². The number of hydrogen-bond acceptors (Lipinski definition) is 8. The third-order valence-corrected chi connectivity index (χ3v) is 4.58. The summed E-state index contributed by atoms with van der Waals surface area (Å²) in [5.74, 6) is 0. The van der Waals surface area contributed by atoms with Crippen LogP contribution in [0.15, 0.2) is 0 Å². The van der Waals surface area contributed by atoms with Crippen LogP contribution >= 0.6 is 0 Å². The average molecular weight is 372 g/mol. The monoisotopic (exact) mass is 372 g/mol. The quantitative estimate of drug-likeness (QED) is 0.364. The first-order chi connectivity index (χ1) is 10.0. The van der Waals surface area contributed by atoms with Gasteiger partial charge >= 0.3 is 5.51 Å². The molecular weight excluding hydrogens is 359 g/mol. The van der Waals surface area contributed by atoms with Gasteiger partial charge in [0.15, 0.2) is 10.0 Å². The maximum absolute atomic E-state index is 11.9. The lowest BCUT2D eigenvalue weighted by Gasteiger charge is -2.21. The van der Waals surface area contributed by atoms with E-state index in [1.54, 1.807) is 4.13 Å². The summed E-state index contributed by atoms with van der Waals surface area (Å²) in [5.41, 5.74) is -5.82. The highest BCUT2D eigenvalue weighted by Gasteiger charge is 2.40. The molecule has 22 heavy (non-hydrogen) atoms. The Bertz CT molecular complexity index is 542. The zero-order valence-corrected chi connectivity index (χ0v) is 12.6. The Morgan fingerprint density at radius 2 is 1.59 bits per heavy atom. The number of hydrogen-bond donors (Lipinski definition) is 0. The number of epoxide rings is 1. The van der Waals surface area contributed by atoms with Crippen LogP contribution in [0, 0.1) is 0 Å². The highest BCUT2D eigenvalue weighted by atomic mass is 32.3. The van der Waals surface area contributed by atoms with Crippen LogP contribution in [0.4, 0.5) is 13.2 Å². The highest BCUT2D eigenvalue weighted by molar-refractivity contribution is 8.10. The molecule has 0 spiro atoms. The van der Waals surface area contributed by atoms with Crippen molar-refractivity contribution in [1.82, 2.24) is 0 Å². The molecule has 0 N–H and O–H groups in total. The minimum Gasteiger partial charge on any atom is -0.404 e. The molecule has 0 aromatic carbocycles. The smallest absolute Gasteiger partial charge is 0.404 e. The molecule has 1 fully saturated rings. The van der Waals surface area contributed by atoms with Crippen molar-refractivity contribution >= 4 is 20.3 Å². The standard InChI is InChI=1S/C8H13F3NO8S2/c9-8(10,11)21(13,14)12-22(15,16)20-4-3-17-1-2-18-5-7-6-19-7/h7H,1-6H2/q-1. The summed E-state index contributed by atoms with van der Waals surface area (Å²) in [4.78, 5) is 0. The predicted molar refractivity (Wildman–Crippen MR) is 64.6 cm³/mol. The number of halogens is 3. The van der Waals surface area contributed by atoms with Crippen LogP contribution < -0.4 is 0 Å². The van der Waals surface area contributed by atoms with Crippen molar-refractivity contribution in [3.05, 3.63) is 4.13 Å². The first-order valence-electron chi connectivity index (χ1n) is 5.75. The van der Waals surface area contributed by atoms with E-state index in [9.17, 15) is 30.0 Å². The first kappa shape index (κ1) is 19.5. The number of ether oxygens (including phenoxy) is 3. The van der Waals surface area contributed by atoms with Gasteiger partial charge in [-0.3, -0.25) is 4.18 Å². The van der Waals surface area contributed by atoms with Crippen LogP contribution in [0.25, 0.3) is 4.13 Å². The summed E-state index contributed by atoms with van der Waals surface area (Å²) < 4.78 is 99.2. The van der Waals surface area contributed by atoms with Gasteiger partial charge in [-0.05, 0) is 0 Å². The van der Waals surface area contributed by atoms with Gasteiger partial charge < -0.3 is 18.3 Å². The van der Waals surface area contributed by atoms with E-state index >= 15 is 0 Å².